The molecule has 1 aromatic rings. The Labute approximate surface area is 160 Å². The van der Waals surface area contributed by atoms with Gasteiger partial charge < -0.3 is 9.80 Å². The number of piperidine rings is 1. The largest absolute Gasteiger partial charge is 0.339 e. The lowest BCUT2D eigenvalue weighted by Crippen LogP contribution is -2.43. The number of nitrogens with zero attached hydrogens (tertiary/aromatic N) is 4. The van der Waals surface area contributed by atoms with Crippen molar-refractivity contribution in [2.75, 3.05) is 26.7 Å². The third-order valence-corrected chi connectivity index (χ3v) is 5.29. The Balaban J connectivity index is 1.66. The van der Waals surface area contributed by atoms with Crippen LogP contribution in [0.1, 0.15) is 66.4 Å². The molecule has 2 fully saturated rings. The summed E-state index contributed by atoms with van der Waals surface area (Å²) in [5.74, 6) is -0.451. The number of carbonyl (C=O) groups is 2. The molecule has 148 valence electrons. The molecule has 0 saturated carbocycles. The highest BCUT2D eigenvalue weighted by atomic mass is 16.2. The lowest BCUT2D eigenvalue weighted by atomic mass is 10.1. The molecular weight excluding hydrogens is 344 g/mol. The summed E-state index contributed by atoms with van der Waals surface area (Å²) in [6.45, 7) is 4.16. The smallest absolute Gasteiger partial charge is 0.274 e. The van der Waals surface area contributed by atoms with Crippen molar-refractivity contribution in [2.24, 2.45) is 0 Å². The number of aromatic nitrogens is 2. The second kappa shape index (κ2) is 9.23. The number of likely N-dealkylation sites (tertiary alicyclic amines) is 1. The fourth-order valence-electron chi connectivity index (χ4n) is 3.85. The molecule has 0 bridgehead atoms. The maximum absolute atomic E-state index is 13.0. The van der Waals surface area contributed by atoms with Crippen molar-refractivity contribution in [3.8, 4) is 0 Å². The molecule has 2 amide bonds. The van der Waals surface area contributed by atoms with Gasteiger partial charge in [0.1, 0.15) is 0 Å². The maximum atomic E-state index is 13.0. The lowest BCUT2D eigenvalue weighted by molar-refractivity contribution is 0.0696. The van der Waals surface area contributed by atoms with Crippen molar-refractivity contribution in [3.63, 3.8) is 0 Å². The number of hydrogen-bond donors (Lipinski definition) is 2. The second-order valence-corrected chi connectivity index (χ2v) is 7.50. The van der Waals surface area contributed by atoms with Gasteiger partial charge in [0.25, 0.3) is 11.8 Å². The average molecular weight is 374 g/mol. The summed E-state index contributed by atoms with van der Waals surface area (Å²) >= 11 is 0. The molecule has 1 aromatic heterocycles. The lowest BCUT2D eigenvalue weighted by Gasteiger charge is -2.27. The highest BCUT2D eigenvalue weighted by Gasteiger charge is 2.29. The molecule has 2 aliphatic heterocycles. The molecule has 2 saturated heterocycles. The first kappa shape index (κ1) is 19.7. The number of hydrogen-bond acceptors (Lipinski definition) is 6. The predicted octanol–water partition coefficient (Wildman–Crippen LogP) is 1.21. The van der Waals surface area contributed by atoms with Gasteiger partial charge in [-0.3, -0.25) is 20.4 Å². The van der Waals surface area contributed by atoms with E-state index >= 15 is 0 Å². The molecule has 0 aromatic carbocycles. The van der Waals surface area contributed by atoms with Crippen LogP contribution < -0.4 is 10.9 Å². The van der Waals surface area contributed by atoms with Crippen molar-refractivity contribution >= 4 is 11.8 Å². The summed E-state index contributed by atoms with van der Waals surface area (Å²) < 4.78 is 0. The zero-order valence-corrected chi connectivity index (χ0v) is 16.3. The monoisotopic (exact) mass is 374 g/mol. The Kier molecular flexibility index (Phi) is 6.73. The summed E-state index contributed by atoms with van der Waals surface area (Å²) in [6.07, 6.45) is 9.29. The summed E-state index contributed by atoms with van der Waals surface area (Å²) in [6, 6.07) is 0.629. The van der Waals surface area contributed by atoms with E-state index in [9.17, 15) is 9.59 Å². The summed E-state index contributed by atoms with van der Waals surface area (Å²) in [5.41, 5.74) is 6.86. The Bertz CT molecular complexity index is 661. The van der Waals surface area contributed by atoms with Crippen LogP contribution in [-0.4, -0.2) is 70.3 Å². The van der Waals surface area contributed by atoms with E-state index in [4.69, 9.17) is 0 Å². The minimum atomic E-state index is -0.260. The molecule has 8 heteroatoms. The fraction of sp³-hybridized carbons (Fsp3) is 0.684. The highest BCUT2D eigenvalue weighted by molar-refractivity contribution is 6.04. The molecule has 8 nitrogen and oxygen atoms in total. The van der Waals surface area contributed by atoms with E-state index in [1.165, 1.54) is 12.4 Å². The van der Waals surface area contributed by atoms with Crippen LogP contribution in [0.4, 0.5) is 0 Å². The third kappa shape index (κ3) is 4.81. The first-order chi connectivity index (χ1) is 13.1. The minimum absolute atomic E-state index is 0.145. The molecule has 0 aliphatic carbocycles. The van der Waals surface area contributed by atoms with E-state index in [1.807, 2.05) is 0 Å². The van der Waals surface area contributed by atoms with Crippen molar-refractivity contribution in [1.29, 1.82) is 0 Å². The third-order valence-electron chi connectivity index (χ3n) is 5.29. The Morgan fingerprint density at radius 1 is 1.11 bits per heavy atom. The molecule has 0 spiro atoms. The van der Waals surface area contributed by atoms with Gasteiger partial charge in [0, 0.05) is 51.2 Å². The van der Waals surface area contributed by atoms with Gasteiger partial charge in [-0.15, -0.1) is 0 Å². The van der Waals surface area contributed by atoms with Gasteiger partial charge in [0.2, 0.25) is 0 Å². The van der Waals surface area contributed by atoms with Gasteiger partial charge >= 0.3 is 0 Å². The van der Waals surface area contributed by atoms with E-state index in [0.717, 1.165) is 51.6 Å². The Morgan fingerprint density at radius 3 is 2.48 bits per heavy atom. The number of amides is 2. The van der Waals surface area contributed by atoms with Crippen LogP contribution in [0.2, 0.25) is 0 Å². The van der Waals surface area contributed by atoms with Crippen LogP contribution in [0.5, 0.6) is 0 Å². The van der Waals surface area contributed by atoms with Gasteiger partial charge in [0.05, 0.1) is 0 Å². The molecule has 2 unspecified atom stereocenters. The van der Waals surface area contributed by atoms with Crippen LogP contribution in [0.25, 0.3) is 0 Å². The number of hydrazine groups is 1. The molecule has 3 heterocycles. The number of carbonyl (C=O) groups excluding carboxylic acids is 2. The van der Waals surface area contributed by atoms with Crippen molar-refractivity contribution < 1.29 is 9.59 Å². The van der Waals surface area contributed by atoms with E-state index in [1.54, 1.807) is 16.8 Å². The average Bonchev–Trinajstić information content (AvgIpc) is 3.14. The van der Waals surface area contributed by atoms with Gasteiger partial charge in [0.15, 0.2) is 11.4 Å². The topological polar surface area (TPSA) is 90.5 Å². The molecule has 3 rings (SSSR count). The van der Waals surface area contributed by atoms with Crippen molar-refractivity contribution in [3.05, 3.63) is 23.8 Å². The summed E-state index contributed by atoms with van der Waals surface area (Å²) in [5, 5.41) is 0. The summed E-state index contributed by atoms with van der Waals surface area (Å²) in [7, 11) is 1.75. The Hall–Kier alpha value is -2.06. The highest BCUT2D eigenvalue weighted by Crippen LogP contribution is 2.16. The van der Waals surface area contributed by atoms with E-state index in [0.29, 0.717) is 12.6 Å². The molecule has 27 heavy (non-hydrogen) atoms. The standard InChI is InChI=1S/C19H30N6O2/c1-3-7-14-12-15(23-22-14)13-24(2)18(26)16-17(21-9-8-20-16)19(27)25-10-5-4-6-11-25/h8-9,14-15,22-23H,3-7,10-13H2,1-2H3. The number of nitrogens with one attached hydrogen (secondary N) is 2. The van der Waals surface area contributed by atoms with Crippen molar-refractivity contribution in [2.45, 2.75) is 57.5 Å². The predicted molar refractivity (Wildman–Crippen MR) is 102 cm³/mol. The van der Waals surface area contributed by atoms with Gasteiger partial charge in [-0.05, 0) is 32.1 Å². The first-order valence-electron chi connectivity index (χ1n) is 9.97. The van der Waals surface area contributed by atoms with E-state index < -0.39 is 0 Å². The van der Waals surface area contributed by atoms with Gasteiger partial charge in [-0.1, -0.05) is 13.3 Å². The fourth-order valence-corrected chi connectivity index (χ4v) is 3.85. The molecule has 2 atom stereocenters. The maximum Gasteiger partial charge on any atom is 0.274 e. The normalized spacial score (nSPS) is 22.7. The van der Waals surface area contributed by atoms with Crippen molar-refractivity contribution in [1.82, 2.24) is 30.6 Å². The first-order valence-corrected chi connectivity index (χ1v) is 9.97. The van der Waals surface area contributed by atoms with E-state index in [2.05, 4.69) is 27.7 Å². The number of rotatable bonds is 6. The quantitative estimate of drug-likeness (QED) is 0.778. The molecule has 2 aliphatic rings. The zero-order valence-electron chi connectivity index (χ0n) is 16.3. The minimum Gasteiger partial charge on any atom is -0.339 e. The van der Waals surface area contributed by atoms with Crippen LogP contribution in [-0.2, 0) is 0 Å². The van der Waals surface area contributed by atoms with Crippen LogP contribution >= 0.6 is 0 Å². The van der Waals surface area contributed by atoms with Crippen LogP contribution in [0.15, 0.2) is 12.4 Å². The Morgan fingerprint density at radius 2 is 1.78 bits per heavy atom. The molecular formula is C19H30N6O2. The SMILES string of the molecule is CCCC1CC(CN(C)C(=O)c2nccnc2C(=O)N2CCCCC2)NN1. The van der Waals surface area contributed by atoms with E-state index in [-0.39, 0.29) is 29.2 Å². The van der Waals surface area contributed by atoms with Gasteiger partial charge in [-0.2, -0.15) is 0 Å². The molecule has 0 radical (unpaired) electrons. The summed E-state index contributed by atoms with van der Waals surface area (Å²) in [4.78, 5) is 37.6. The van der Waals surface area contributed by atoms with Crippen LogP contribution in [0, 0.1) is 0 Å². The molecule has 2 N–H and O–H groups in total. The van der Waals surface area contributed by atoms with Crippen LogP contribution in [0.3, 0.4) is 0 Å². The second-order valence-electron chi connectivity index (χ2n) is 7.50. The number of likely N-dealkylation sites (N-methyl/N-ethyl adjacent to an activating group) is 1. The van der Waals surface area contributed by atoms with Gasteiger partial charge in [-0.25, -0.2) is 9.97 Å². The zero-order chi connectivity index (χ0) is 19.2.